The Kier molecular flexibility index (Phi) is 8.78. The van der Waals surface area contributed by atoms with Gasteiger partial charge in [-0.1, -0.05) is 50.2 Å². The maximum Gasteiger partial charge on any atom is 0.230 e. The number of amides is 1. The van der Waals surface area contributed by atoms with Crippen molar-refractivity contribution in [3.63, 3.8) is 0 Å². The number of hydrogen-bond acceptors (Lipinski definition) is 7. The van der Waals surface area contributed by atoms with Crippen LogP contribution in [0.3, 0.4) is 0 Å². The van der Waals surface area contributed by atoms with Crippen LogP contribution in [0.2, 0.25) is 0 Å². The highest BCUT2D eigenvalue weighted by Gasteiger charge is 2.53. The van der Waals surface area contributed by atoms with E-state index in [0.717, 1.165) is 36.8 Å². The maximum absolute atomic E-state index is 12.5. The Balaban J connectivity index is 0.00000353. The van der Waals surface area contributed by atoms with Crippen LogP contribution in [0.25, 0.3) is 11.4 Å². The number of piperidine rings is 1. The zero-order chi connectivity index (χ0) is 26.9. The number of hydrogen-bond donors (Lipinski definition) is 2. The van der Waals surface area contributed by atoms with Crippen molar-refractivity contribution in [2.75, 3.05) is 26.2 Å². The fourth-order valence-corrected chi connectivity index (χ4v) is 6.10. The fourth-order valence-electron chi connectivity index (χ4n) is 6.10. The van der Waals surface area contributed by atoms with Crippen molar-refractivity contribution in [3.8, 4) is 11.4 Å². The minimum Gasteiger partial charge on any atom is -0.380 e. The first-order valence-corrected chi connectivity index (χ1v) is 13.9. The van der Waals surface area contributed by atoms with Gasteiger partial charge in [0.1, 0.15) is 5.60 Å². The Hall–Kier alpha value is -2.81. The van der Waals surface area contributed by atoms with Gasteiger partial charge in [0, 0.05) is 68.0 Å². The Morgan fingerprint density at radius 3 is 2.38 bits per heavy atom. The smallest absolute Gasteiger partial charge is 0.230 e. The van der Waals surface area contributed by atoms with Gasteiger partial charge in [-0.25, -0.2) is 0 Å². The third-order valence-electron chi connectivity index (χ3n) is 8.83. The van der Waals surface area contributed by atoms with Gasteiger partial charge in [-0.05, 0) is 48.8 Å². The molecule has 1 aromatic carbocycles. The molecule has 0 saturated carbocycles. The normalized spacial score (nSPS) is 18.8. The van der Waals surface area contributed by atoms with E-state index in [1.807, 2.05) is 11.0 Å². The third kappa shape index (κ3) is 5.34. The molecule has 1 atom stereocenters. The molecule has 2 aromatic heterocycles. The molecular formula is C30H40ClN5O3. The minimum absolute atomic E-state index is 0. The zero-order valence-corrected chi connectivity index (χ0v) is 24.1. The summed E-state index contributed by atoms with van der Waals surface area (Å²) in [5, 5.41) is 20.1. The number of pyridine rings is 1. The van der Waals surface area contributed by atoms with Gasteiger partial charge in [0.05, 0.1) is 0 Å². The van der Waals surface area contributed by atoms with E-state index < -0.39 is 11.0 Å². The molecule has 2 saturated heterocycles. The van der Waals surface area contributed by atoms with Gasteiger partial charge in [0.2, 0.25) is 17.6 Å². The van der Waals surface area contributed by atoms with E-state index in [1.165, 1.54) is 5.56 Å². The predicted octanol–water partition coefficient (Wildman–Crippen LogP) is 5.03. The van der Waals surface area contributed by atoms with Crippen LogP contribution in [0, 0.1) is 5.41 Å². The number of carbonyl (C=O) groups excluding carboxylic acids is 1. The van der Waals surface area contributed by atoms with E-state index in [2.05, 4.69) is 60.5 Å². The lowest BCUT2D eigenvalue weighted by Crippen LogP contribution is -2.63. The molecular weight excluding hydrogens is 514 g/mol. The summed E-state index contributed by atoms with van der Waals surface area (Å²) in [6.07, 6.45) is 7.26. The van der Waals surface area contributed by atoms with Crippen molar-refractivity contribution < 1.29 is 14.4 Å². The summed E-state index contributed by atoms with van der Waals surface area (Å²) in [5.41, 5.74) is 1.97. The quantitative estimate of drug-likeness (QED) is 0.403. The average molecular weight is 554 g/mol. The molecule has 5 rings (SSSR count). The van der Waals surface area contributed by atoms with Gasteiger partial charge in [-0.3, -0.25) is 9.78 Å². The van der Waals surface area contributed by atoms with Crippen LogP contribution < -0.4 is 5.32 Å². The molecule has 210 valence electrons. The highest BCUT2D eigenvalue weighted by molar-refractivity contribution is 5.85. The van der Waals surface area contributed by atoms with Crippen molar-refractivity contribution in [3.05, 3.63) is 65.3 Å². The lowest BCUT2D eigenvalue weighted by atomic mass is 9.62. The molecule has 2 aliphatic rings. The van der Waals surface area contributed by atoms with Crippen LogP contribution in [-0.2, 0) is 10.4 Å². The number of rotatable bonds is 8. The highest BCUT2D eigenvalue weighted by atomic mass is 35.5. The van der Waals surface area contributed by atoms with E-state index >= 15 is 0 Å². The first kappa shape index (κ1) is 29.2. The van der Waals surface area contributed by atoms with Gasteiger partial charge in [-0.15, -0.1) is 12.4 Å². The second-order valence-corrected chi connectivity index (χ2v) is 11.2. The summed E-state index contributed by atoms with van der Waals surface area (Å²) in [6, 6.07) is 10.4. The molecule has 3 aromatic rings. The molecule has 2 fully saturated rings. The Morgan fingerprint density at radius 2 is 1.82 bits per heavy atom. The first-order chi connectivity index (χ1) is 18.3. The van der Waals surface area contributed by atoms with Gasteiger partial charge in [-0.2, -0.15) is 4.98 Å². The van der Waals surface area contributed by atoms with Crippen LogP contribution >= 0.6 is 12.4 Å². The van der Waals surface area contributed by atoms with Crippen molar-refractivity contribution in [2.24, 2.45) is 5.41 Å². The lowest BCUT2D eigenvalue weighted by molar-refractivity contribution is -0.129. The van der Waals surface area contributed by atoms with Crippen molar-refractivity contribution >= 4 is 18.3 Å². The van der Waals surface area contributed by atoms with Crippen molar-refractivity contribution in [2.45, 2.75) is 70.8 Å². The van der Waals surface area contributed by atoms with Gasteiger partial charge in [0.15, 0.2) is 0 Å². The van der Waals surface area contributed by atoms with E-state index in [1.54, 1.807) is 19.3 Å². The van der Waals surface area contributed by atoms with Crippen LogP contribution in [0.5, 0.6) is 0 Å². The molecule has 9 heteroatoms. The lowest BCUT2D eigenvalue weighted by Gasteiger charge is -2.52. The molecule has 0 radical (unpaired) electrons. The summed E-state index contributed by atoms with van der Waals surface area (Å²) in [7, 11) is 0. The molecule has 1 unspecified atom stereocenters. The number of halogens is 1. The monoisotopic (exact) mass is 553 g/mol. The third-order valence-corrected chi connectivity index (χ3v) is 8.83. The van der Waals surface area contributed by atoms with Crippen LogP contribution in [-0.4, -0.2) is 57.2 Å². The summed E-state index contributed by atoms with van der Waals surface area (Å²) >= 11 is 0. The minimum atomic E-state index is -1.24. The second-order valence-electron chi connectivity index (χ2n) is 11.2. The largest absolute Gasteiger partial charge is 0.380 e. The maximum atomic E-state index is 12.5. The number of likely N-dealkylation sites (tertiary alicyclic amines) is 1. The van der Waals surface area contributed by atoms with Crippen LogP contribution in [0.1, 0.15) is 87.8 Å². The summed E-state index contributed by atoms with van der Waals surface area (Å²) in [4.78, 5) is 22.7. The van der Waals surface area contributed by atoms with E-state index in [0.29, 0.717) is 49.4 Å². The molecule has 2 aliphatic heterocycles. The average Bonchev–Trinajstić information content (AvgIpc) is 3.43. The molecule has 39 heavy (non-hydrogen) atoms. The number of aliphatic hydroxyl groups is 1. The molecule has 0 aliphatic carbocycles. The number of aromatic nitrogens is 3. The van der Waals surface area contributed by atoms with Gasteiger partial charge >= 0.3 is 0 Å². The Morgan fingerprint density at radius 1 is 1.15 bits per heavy atom. The fraction of sp³-hybridized carbons (Fsp3) is 0.533. The standard InChI is InChI=1S/C30H39N5O3.ClH/c1-5-21(6-2)22-7-9-25(10-8-22)30(37,29(4)18-32-19-29)26-15-24(16-31-17-26)27-33-28(38-34-27)23-11-13-35(14-12-23)20(3)36;/h7-10,15-17,21,23,32,37H,5-6,11-14,18-19H2,1-4H3;1H. The number of nitrogens with one attached hydrogen (secondary N) is 1. The Bertz CT molecular complexity index is 1260. The molecule has 4 heterocycles. The Labute approximate surface area is 237 Å². The van der Waals surface area contributed by atoms with E-state index in [9.17, 15) is 9.90 Å². The molecule has 0 spiro atoms. The summed E-state index contributed by atoms with van der Waals surface area (Å²) < 4.78 is 5.66. The van der Waals surface area contributed by atoms with Crippen molar-refractivity contribution in [1.29, 1.82) is 0 Å². The molecule has 0 bridgehead atoms. The summed E-state index contributed by atoms with van der Waals surface area (Å²) in [6.45, 7) is 11.0. The molecule has 8 nitrogen and oxygen atoms in total. The van der Waals surface area contributed by atoms with Gasteiger partial charge < -0.3 is 19.8 Å². The molecule has 1 amide bonds. The molecule has 2 N–H and O–H groups in total. The van der Waals surface area contributed by atoms with Gasteiger partial charge in [0.25, 0.3) is 0 Å². The number of carbonyl (C=O) groups is 1. The van der Waals surface area contributed by atoms with E-state index in [-0.39, 0.29) is 24.2 Å². The van der Waals surface area contributed by atoms with Crippen molar-refractivity contribution in [1.82, 2.24) is 25.3 Å². The number of nitrogens with zero attached hydrogens (tertiary/aromatic N) is 4. The number of benzene rings is 1. The second kappa shape index (κ2) is 11.7. The summed E-state index contributed by atoms with van der Waals surface area (Å²) in [5.74, 6) is 1.81. The van der Waals surface area contributed by atoms with E-state index in [4.69, 9.17) is 9.51 Å². The zero-order valence-electron chi connectivity index (χ0n) is 23.3. The predicted molar refractivity (Wildman–Crippen MR) is 153 cm³/mol. The van der Waals surface area contributed by atoms with Crippen LogP contribution in [0.15, 0.2) is 47.2 Å². The SMILES string of the molecule is CCC(CC)c1ccc(C(O)(c2cncc(-c3noc(C4CCN(C(C)=O)CC4)n3)c2)C2(C)CNC2)cc1.Cl. The topological polar surface area (TPSA) is 104 Å². The highest BCUT2D eigenvalue weighted by Crippen LogP contribution is 2.48. The first-order valence-electron chi connectivity index (χ1n) is 13.9. The van der Waals surface area contributed by atoms with Crippen LogP contribution in [0.4, 0.5) is 0 Å².